The molecule has 204 valence electrons. The van der Waals surface area contributed by atoms with Crippen LogP contribution >= 0.6 is 0 Å². The number of likely N-dealkylation sites (N-methyl/N-ethyl adjacent to an activating group) is 1. The van der Waals surface area contributed by atoms with Gasteiger partial charge in [0.05, 0.1) is 19.2 Å². The first-order valence-corrected chi connectivity index (χ1v) is 13.5. The van der Waals surface area contributed by atoms with Crippen molar-refractivity contribution in [3.8, 4) is 23.3 Å². The first-order valence-electron chi connectivity index (χ1n) is 13.5. The van der Waals surface area contributed by atoms with E-state index in [1.54, 1.807) is 11.1 Å². The lowest BCUT2D eigenvalue weighted by molar-refractivity contribution is -0.131. The van der Waals surface area contributed by atoms with Crippen LogP contribution in [0.3, 0.4) is 0 Å². The number of nitrogens with zero attached hydrogens (tertiary/aromatic N) is 6. The highest BCUT2D eigenvalue weighted by atomic mass is 16.5. The number of carbonyl (C=O) groups is 1. The van der Waals surface area contributed by atoms with Crippen LogP contribution in [0.4, 0.5) is 11.6 Å². The summed E-state index contributed by atoms with van der Waals surface area (Å²) in [4.78, 5) is 27.8. The predicted molar refractivity (Wildman–Crippen MR) is 148 cm³/mol. The van der Waals surface area contributed by atoms with Crippen molar-refractivity contribution >= 4 is 17.5 Å². The lowest BCUT2D eigenvalue weighted by atomic mass is 10.1. The van der Waals surface area contributed by atoms with Crippen LogP contribution < -0.4 is 10.1 Å². The van der Waals surface area contributed by atoms with Gasteiger partial charge in [-0.1, -0.05) is 0 Å². The lowest BCUT2D eigenvalue weighted by Gasteiger charge is -2.32. The smallest absolute Gasteiger partial charge is 0.237 e. The Morgan fingerprint density at radius 1 is 1.18 bits per heavy atom. The monoisotopic (exact) mass is 529 g/mol. The molecule has 1 fully saturated rings. The van der Waals surface area contributed by atoms with Crippen LogP contribution in [0.5, 0.6) is 5.75 Å². The third-order valence-electron chi connectivity index (χ3n) is 7.26. The topological polar surface area (TPSA) is 111 Å². The van der Waals surface area contributed by atoms with Gasteiger partial charge in [-0.3, -0.25) is 4.79 Å². The summed E-state index contributed by atoms with van der Waals surface area (Å²) in [6, 6.07) is 11.7. The summed E-state index contributed by atoms with van der Waals surface area (Å²) in [5.74, 6) is 2.53. The Morgan fingerprint density at radius 2 is 1.97 bits per heavy atom. The van der Waals surface area contributed by atoms with E-state index in [1.165, 1.54) is 0 Å². The minimum Gasteiger partial charge on any atom is -0.494 e. The zero-order chi connectivity index (χ0) is 27.2. The molecule has 5 rings (SSSR count). The Bertz CT molecular complexity index is 1320. The maximum Gasteiger partial charge on any atom is 0.237 e. The molecule has 2 aliphatic heterocycles. The normalized spacial score (nSPS) is 16.0. The molecule has 3 aromatic rings. The molecule has 10 heteroatoms. The highest BCUT2D eigenvalue weighted by molar-refractivity contribution is 5.78. The number of piperazine rings is 1. The molecule has 1 amide bonds. The van der Waals surface area contributed by atoms with Gasteiger partial charge in [0.1, 0.15) is 23.6 Å². The number of nitriles is 1. The van der Waals surface area contributed by atoms with Gasteiger partial charge >= 0.3 is 0 Å². The van der Waals surface area contributed by atoms with Gasteiger partial charge in [-0.25, -0.2) is 9.97 Å². The zero-order valence-corrected chi connectivity index (χ0v) is 22.7. The molecule has 1 N–H and O–H groups in total. The van der Waals surface area contributed by atoms with Crippen molar-refractivity contribution in [1.82, 2.24) is 24.7 Å². The van der Waals surface area contributed by atoms with Gasteiger partial charge in [-0.15, -0.1) is 0 Å². The molecule has 39 heavy (non-hydrogen) atoms. The lowest BCUT2D eigenvalue weighted by Crippen LogP contribution is -2.44. The molecule has 4 heterocycles. The summed E-state index contributed by atoms with van der Waals surface area (Å²) in [6.07, 6.45) is 3.35. The SMILES string of the molecule is Cc1cnc(Nc2ccc(OCCCN3CCN(C)CC3)cc2)nc1-c1cc2c(o1)CN(C(=O)CC#N)CC2. The van der Waals surface area contributed by atoms with Crippen LogP contribution in [0.2, 0.25) is 0 Å². The van der Waals surface area contributed by atoms with Gasteiger partial charge in [-0.2, -0.15) is 5.26 Å². The number of aromatic nitrogens is 2. The van der Waals surface area contributed by atoms with Crippen LogP contribution in [-0.4, -0.2) is 83.5 Å². The Hall–Kier alpha value is -3.94. The Balaban J connectivity index is 1.16. The zero-order valence-electron chi connectivity index (χ0n) is 22.7. The largest absolute Gasteiger partial charge is 0.494 e. The van der Waals surface area contributed by atoms with Gasteiger partial charge in [0.25, 0.3) is 0 Å². The van der Waals surface area contributed by atoms with Gasteiger partial charge < -0.3 is 29.2 Å². The van der Waals surface area contributed by atoms with Gasteiger partial charge in [0.15, 0.2) is 5.76 Å². The highest BCUT2D eigenvalue weighted by Crippen LogP contribution is 2.31. The highest BCUT2D eigenvalue weighted by Gasteiger charge is 2.25. The molecule has 1 saturated heterocycles. The van der Waals surface area contributed by atoms with E-state index < -0.39 is 0 Å². The fraction of sp³-hybridized carbons (Fsp3) is 0.448. The van der Waals surface area contributed by atoms with E-state index in [9.17, 15) is 4.79 Å². The number of fused-ring (bicyclic) bond motifs is 1. The Kier molecular flexibility index (Phi) is 8.39. The minimum atomic E-state index is -0.173. The molecule has 10 nitrogen and oxygen atoms in total. The van der Waals surface area contributed by atoms with Crippen LogP contribution in [0.1, 0.15) is 29.7 Å². The number of rotatable bonds is 9. The molecule has 0 atom stereocenters. The fourth-order valence-electron chi connectivity index (χ4n) is 4.89. The second-order valence-corrected chi connectivity index (χ2v) is 10.2. The van der Waals surface area contributed by atoms with Crippen molar-refractivity contribution in [2.24, 2.45) is 0 Å². The first kappa shape index (κ1) is 26.7. The summed E-state index contributed by atoms with van der Waals surface area (Å²) in [5.41, 5.74) is 3.53. The molecule has 1 aromatic carbocycles. The second kappa shape index (κ2) is 12.3. The summed E-state index contributed by atoms with van der Waals surface area (Å²) < 4.78 is 12.1. The maximum atomic E-state index is 12.1. The molecule has 0 spiro atoms. The van der Waals surface area contributed by atoms with Crippen molar-refractivity contribution < 1.29 is 13.9 Å². The van der Waals surface area contributed by atoms with Gasteiger partial charge in [0, 0.05) is 51.2 Å². The van der Waals surface area contributed by atoms with Crippen molar-refractivity contribution in [2.75, 3.05) is 58.2 Å². The Labute approximate surface area is 229 Å². The van der Waals surface area contributed by atoms with Crippen molar-refractivity contribution in [1.29, 1.82) is 5.26 Å². The summed E-state index contributed by atoms with van der Waals surface area (Å²) in [6.45, 7) is 9.19. The van der Waals surface area contributed by atoms with Crippen molar-refractivity contribution in [2.45, 2.75) is 32.7 Å². The summed E-state index contributed by atoms with van der Waals surface area (Å²) >= 11 is 0. The number of furan rings is 1. The number of ether oxygens (including phenoxy) is 1. The molecule has 0 radical (unpaired) electrons. The molecule has 2 aromatic heterocycles. The van der Waals surface area contributed by atoms with Crippen LogP contribution in [-0.2, 0) is 17.8 Å². The molecular weight excluding hydrogens is 494 g/mol. The van der Waals surface area contributed by atoms with Crippen LogP contribution in [0, 0.1) is 18.3 Å². The molecular formula is C29H35N7O3. The minimum absolute atomic E-state index is 0.118. The second-order valence-electron chi connectivity index (χ2n) is 10.2. The standard InChI is InChI=1S/C29H35N7O3/c1-21-19-31-29(33-28(21)25-18-22-9-12-36(20-26(22)39-25)27(37)8-10-30)32-23-4-6-24(7-5-23)38-17-3-11-35-15-13-34(2)14-16-35/h4-7,18-19H,3,8-9,11-17,20H2,1-2H3,(H,31,32,33). The van der Waals surface area contributed by atoms with E-state index in [-0.39, 0.29) is 12.3 Å². The number of carbonyl (C=O) groups excluding carboxylic acids is 1. The average molecular weight is 530 g/mol. The van der Waals surface area contributed by atoms with E-state index >= 15 is 0 Å². The van der Waals surface area contributed by atoms with E-state index in [1.807, 2.05) is 43.3 Å². The summed E-state index contributed by atoms with van der Waals surface area (Å²) in [7, 11) is 2.17. The van der Waals surface area contributed by atoms with E-state index in [0.717, 1.165) is 67.5 Å². The number of nitrogens with one attached hydrogen (secondary N) is 1. The number of aryl methyl sites for hydroxylation is 1. The number of amides is 1. The average Bonchev–Trinajstić information content (AvgIpc) is 3.37. The third-order valence-corrected chi connectivity index (χ3v) is 7.26. The third kappa shape index (κ3) is 6.74. The molecule has 0 saturated carbocycles. The quantitative estimate of drug-likeness (QED) is 0.416. The molecule has 0 aliphatic carbocycles. The molecule has 2 aliphatic rings. The van der Waals surface area contributed by atoms with Crippen LogP contribution in [0.15, 0.2) is 40.9 Å². The first-order chi connectivity index (χ1) is 19.0. The van der Waals surface area contributed by atoms with Crippen LogP contribution in [0.25, 0.3) is 11.5 Å². The van der Waals surface area contributed by atoms with Crippen molar-refractivity contribution in [3.05, 3.63) is 53.4 Å². The van der Waals surface area contributed by atoms with Crippen molar-refractivity contribution in [3.63, 3.8) is 0 Å². The van der Waals surface area contributed by atoms with E-state index in [2.05, 4.69) is 27.1 Å². The van der Waals surface area contributed by atoms with Gasteiger partial charge in [0.2, 0.25) is 11.9 Å². The maximum absolute atomic E-state index is 12.1. The fourth-order valence-corrected chi connectivity index (χ4v) is 4.89. The Morgan fingerprint density at radius 3 is 2.74 bits per heavy atom. The van der Waals surface area contributed by atoms with E-state index in [0.29, 0.717) is 43.5 Å². The molecule has 0 bridgehead atoms. The van der Waals surface area contributed by atoms with Gasteiger partial charge in [-0.05, 0) is 68.3 Å². The number of hydrogen-bond donors (Lipinski definition) is 1. The molecule has 0 unspecified atom stereocenters. The summed E-state index contributed by atoms with van der Waals surface area (Å²) in [5, 5.41) is 12.1. The predicted octanol–water partition coefficient (Wildman–Crippen LogP) is 3.60. The van der Waals surface area contributed by atoms with E-state index in [4.69, 9.17) is 19.4 Å². The number of anilines is 2. The number of hydrogen-bond acceptors (Lipinski definition) is 9. The number of benzene rings is 1.